The number of amides is 1. The Morgan fingerprint density at radius 3 is 2.29 bits per heavy atom. The predicted octanol–water partition coefficient (Wildman–Crippen LogP) is 3.26. The molecule has 1 heterocycles. The first-order valence-electron chi connectivity index (χ1n) is 10.1. The number of piperazine rings is 1. The number of methoxy groups -OCH3 is 1. The lowest BCUT2D eigenvalue weighted by Gasteiger charge is -2.36. The Labute approximate surface area is 168 Å². The number of hydrogen-bond donors (Lipinski definition) is 0. The fourth-order valence-electron chi connectivity index (χ4n) is 3.61. The third-order valence-electron chi connectivity index (χ3n) is 5.40. The second kappa shape index (κ2) is 10.1. The molecule has 0 aliphatic carbocycles. The molecule has 0 aromatic heterocycles. The van der Waals surface area contributed by atoms with Gasteiger partial charge in [0.25, 0.3) is 0 Å². The van der Waals surface area contributed by atoms with E-state index in [1.54, 1.807) is 7.11 Å². The van der Waals surface area contributed by atoms with Gasteiger partial charge in [0.1, 0.15) is 5.75 Å². The topological polar surface area (TPSA) is 36.0 Å². The standard InChI is InChI=1S/C23H31N3O2/c1-3-25(19-20-7-5-4-6-8-20)23(27)13-14-24-15-17-26(18-16-24)21-9-11-22(28-2)12-10-21/h4-12H,3,13-19H2,1-2H3. The van der Waals surface area contributed by atoms with Crippen molar-refractivity contribution in [2.24, 2.45) is 0 Å². The molecule has 2 aromatic rings. The molecule has 1 saturated heterocycles. The van der Waals surface area contributed by atoms with Crippen LogP contribution < -0.4 is 9.64 Å². The van der Waals surface area contributed by atoms with E-state index in [-0.39, 0.29) is 5.91 Å². The summed E-state index contributed by atoms with van der Waals surface area (Å²) in [5.41, 5.74) is 2.42. The van der Waals surface area contributed by atoms with Crippen LogP contribution in [0.1, 0.15) is 18.9 Å². The van der Waals surface area contributed by atoms with Gasteiger partial charge in [-0.2, -0.15) is 0 Å². The molecule has 1 fully saturated rings. The van der Waals surface area contributed by atoms with Crippen molar-refractivity contribution in [3.05, 3.63) is 60.2 Å². The molecule has 0 spiro atoms. The van der Waals surface area contributed by atoms with Gasteiger partial charge in [0.05, 0.1) is 7.11 Å². The van der Waals surface area contributed by atoms with Crippen LogP contribution in [0.5, 0.6) is 5.75 Å². The van der Waals surface area contributed by atoms with E-state index < -0.39 is 0 Å². The van der Waals surface area contributed by atoms with Gasteiger partial charge in [-0.25, -0.2) is 0 Å². The van der Waals surface area contributed by atoms with Crippen LogP contribution in [0.15, 0.2) is 54.6 Å². The third-order valence-corrected chi connectivity index (χ3v) is 5.40. The lowest BCUT2D eigenvalue weighted by molar-refractivity contribution is -0.132. The Bertz CT molecular complexity index is 725. The first-order chi connectivity index (χ1) is 13.7. The van der Waals surface area contributed by atoms with Crippen LogP contribution >= 0.6 is 0 Å². The van der Waals surface area contributed by atoms with Crippen molar-refractivity contribution in [2.45, 2.75) is 19.9 Å². The summed E-state index contributed by atoms with van der Waals surface area (Å²) < 4.78 is 5.23. The van der Waals surface area contributed by atoms with Crippen molar-refractivity contribution in [3.8, 4) is 5.75 Å². The molecule has 0 atom stereocenters. The number of anilines is 1. The van der Waals surface area contributed by atoms with Crippen LogP contribution in [-0.2, 0) is 11.3 Å². The second-order valence-electron chi connectivity index (χ2n) is 7.17. The minimum atomic E-state index is 0.240. The van der Waals surface area contributed by atoms with Crippen molar-refractivity contribution in [2.75, 3.05) is 51.3 Å². The summed E-state index contributed by atoms with van der Waals surface area (Å²) in [4.78, 5) is 19.4. The van der Waals surface area contributed by atoms with E-state index >= 15 is 0 Å². The Balaban J connectivity index is 1.43. The zero-order chi connectivity index (χ0) is 19.8. The van der Waals surface area contributed by atoms with E-state index in [4.69, 9.17) is 4.74 Å². The van der Waals surface area contributed by atoms with Gasteiger partial charge in [-0.3, -0.25) is 9.69 Å². The minimum absolute atomic E-state index is 0.240. The first-order valence-corrected chi connectivity index (χ1v) is 10.1. The van der Waals surface area contributed by atoms with Gasteiger partial charge in [0, 0.05) is 57.9 Å². The monoisotopic (exact) mass is 381 g/mol. The molecule has 0 N–H and O–H groups in total. The van der Waals surface area contributed by atoms with Crippen molar-refractivity contribution in [3.63, 3.8) is 0 Å². The zero-order valence-corrected chi connectivity index (χ0v) is 17.0. The molecule has 5 heteroatoms. The summed E-state index contributed by atoms with van der Waals surface area (Å²) in [5.74, 6) is 1.13. The van der Waals surface area contributed by atoms with Crippen LogP contribution in [0.3, 0.4) is 0 Å². The van der Waals surface area contributed by atoms with Crippen molar-refractivity contribution in [1.29, 1.82) is 0 Å². The lowest BCUT2D eigenvalue weighted by Crippen LogP contribution is -2.47. The molecule has 1 amide bonds. The maximum Gasteiger partial charge on any atom is 0.224 e. The van der Waals surface area contributed by atoms with Crippen LogP contribution in [-0.4, -0.2) is 62.1 Å². The van der Waals surface area contributed by atoms with Gasteiger partial charge >= 0.3 is 0 Å². The number of benzene rings is 2. The van der Waals surface area contributed by atoms with Gasteiger partial charge in [0.2, 0.25) is 5.91 Å². The highest BCUT2D eigenvalue weighted by Gasteiger charge is 2.19. The molecule has 150 valence electrons. The molecular weight excluding hydrogens is 350 g/mol. The maximum absolute atomic E-state index is 12.6. The van der Waals surface area contributed by atoms with E-state index in [0.717, 1.165) is 45.0 Å². The number of ether oxygens (including phenoxy) is 1. The second-order valence-corrected chi connectivity index (χ2v) is 7.17. The Kier molecular flexibility index (Phi) is 7.31. The Morgan fingerprint density at radius 2 is 1.68 bits per heavy atom. The molecule has 28 heavy (non-hydrogen) atoms. The van der Waals surface area contributed by atoms with Gasteiger partial charge < -0.3 is 14.5 Å². The molecule has 0 bridgehead atoms. The SMILES string of the molecule is CCN(Cc1ccccc1)C(=O)CCN1CCN(c2ccc(OC)cc2)CC1. The van der Waals surface area contributed by atoms with Gasteiger partial charge in [-0.15, -0.1) is 0 Å². The molecule has 2 aromatic carbocycles. The molecule has 1 aliphatic heterocycles. The van der Waals surface area contributed by atoms with Crippen LogP contribution in [0.4, 0.5) is 5.69 Å². The van der Waals surface area contributed by atoms with Gasteiger partial charge in [-0.05, 0) is 36.8 Å². The predicted molar refractivity (Wildman–Crippen MR) is 114 cm³/mol. The number of carbonyl (C=O) groups excluding carboxylic acids is 1. The van der Waals surface area contributed by atoms with Crippen molar-refractivity contribution < 1.29 is 9.53 Å². The van der Waals surface area contributed by atoms with Crippen molar-refractivity contribution in [1.82, 2.24) is 9.80 Å². The largest absolute Gasteiger partial charge is 0.497 e. The smallest absolute Gasteiger partial charge is 0.224 e. The highest BCUT2D eigenvalue weighted by Crippen LogP contribution is 2.20. The first kappa shape index (κ1) is 20.2. The molecule has 1 aliphatic rings. The molecule has 0 saturated carbocycles. The molecular formula is C23H31N3O2. The van der Waals surface area contributed by atoms with E-state index in [0.29, 0.717) is 13.0 Å². The van der Waals surface area contributed by atoms with Gasteiger partial charge in [-0.1, -0.05) is 30.3 Å². The molecule has 5 nitrogen and oxygen atoms in total. The maximum atomic E-state index is 12.6. The Hall–Kier alpha value is -2.53. The summed E-state index contributed by atoms with van der Waals surface area (Å²) in [5, 5.41) is 0. The van der Waals surface area contributed by atoms with E-state index in [1.807, 2.05) is 35.2 Å². The normalized spacial score (nSPS) is 14.7. The minimum Gasteiger partial charge on any atom is -0.497 e. The average molecular weight is 382 g/mol. The van der Waals surface area contributed by atoms with Crippen LogP contribution in [0.25, 0.3) is 0 Å². The van der Waals surface area contributed by atoms with E-state index in [2.05, 4.69) is 41.0 Å². The highest BCUT2D eigenvalue weighted by molar-refractivity contribution is 5.76. The summed E-state index contributed by atoms with van der Waals surface area (Å²) in [6.07, 6.45) is 0.587. The highest BCUT2D eigenvalue weighted by atomic mass is 16.5. The summed E-state index contributed by atoms with van der Waals surface area (Å²) in [6.45, 7) is 8.29. The summed E-state index contributed by atoms with van der Waals surface area (Å²) >= 11 is 0. The molecule has 0 radical (unpaired) electrons. The molecule has 0 unspecified atom stereocenters. The quantitative estimate of drug-likeness (QED) is 0.703. The number of carbonyl (C=O) groups is 1. The zero-order valence-electron chi connectivity index (χ0n) is 17.0. The summed E-state index contributed by atoms with van der Waals surface area (Å²) in [6, 6.07) is 18.4. The fraction of sp³-hybridized carbons (Fsp3) is 0.435. The Morgan fingerprint density at radius 1 is 1.00 bits per heavy atom. The number of rotatable bonds is 8. The fourth-order valence-corrected chi connectivity index (χ4v) is 3.61. The molecule has 3 rings (SSSR count). The third kappa shape index (κ3) is 5.49. The van der Waals surface area contributed by atoms with E-state index in [9.17, 15) is 4.79 Å². The van der Waals surface area contributed by atoms with Crippen LogP contribution in [0, 0.1) is 0 Å². The van der Waals surface area contributed by atoms with Gasteiger partial charge in [0.15, 0.2) is 0 Å². The summed E-state index contributed by atoms with van der Waals surface area (Å²) in [7, 11) is 1.69. The van der Waals surface area contributed by atoms with E-state index in [1.165, 1.54) is 11.3 Å². The number of hydrogen-bond acceptors (Lipinski definition) is 4. The number of nitrogens with zero attached hydrogens (tertiary/aromatic N) is 3. The average Bonchev–Trinajstić information content (AvgIpc) is 2.77. The lowest BCUT2D eigenvalue weighted by atomic mass is 10.2. The van der Waals surface area contributed by atoms with Crippen LogP contribution in [0.2, 0.25) is 0 Å². The van der Waals surface area contributed by atoms with Crippen molar-refractivity contribution >= 4 is 11.6 Å².